The Bertz CT molecular complexity index is 425. The monoisotopic (exact) mass is 192 g/mol. The van der Waals surface area contributed by atoms with Crippen LogP contribution in [0.3, 0.4) is 0 Å². The number of H-pyrrole nitrogens is 1. The molecule has 0 amide bonds. The second-order valence-corrected chi connectivity index (χ2v) is 3.19. The predicted octanol–water partition coefficient (Wildman–Crippen LogP) is 0.751. The van der Waals surface area contributed by atoms with Gasteiger partial charge in [-0.25, -0.2) is 9.97 Å². The number of rotatable bonds is 3. The molecule has 74 valence electrons. The van der Waals surface area contributed by atoms with E-state index in [0.717, 1.165) is 16.9 Å². The maximum Gasteiger partial charge on any atom is 0.142 e. The van der Waals surface area contributed by atoms with Gasteiger partial charge in [-0.2, -0.15) is 0 Å². The third kappa shape index (κ3) is 1.54. The van der Waals surface area contributed by atoms with Crippen LogP contribution in [-0.2, 0) is 0 Å². The second-order valence-electron chi connectivity index (χ2n) is 3.19. The molecule has 1 unspecified atom stereocenters. The molecule has 5 heteroatoms. The van der Waals surface area contributed by atoms with Gasteiger partial charge in [0.2, 0.25) is 0 Å². The van der Waals surface area contributed by atoms with Crippen LogP contribution >= 0.6 is 0 Å². The Labute approximate surface area is 81.2 Å². The van der Waals surface area contributed by atoms with E-state index in [1.54, 1.807) is 0 Å². The summed E-state index contributed by atoms with van der Waals surface area (Å²) >= 11 is 0. The Morgan fingerprint density at radius 1 is 1.57 bits per heavy atom. The maximum absolute atomic E-state index is 8.91. The van der Waals surface area contributed by atoms with Gasteiger partial charge in [-0.05, 0) is 13.0 Å². The molecule has 0 spiro atoms. The minimum absolute atomic E-state index is 0.0111. The van der Waals surface area contributed by atoms with Crippen LogP contribution in [0.1, 0.15) is 6.92 Å². The molecule has 5 nitrogen and oxygen atoms in total. The molecule has 0 aliphatic carbocycles. The number of aliphatic hydroxyl groups excluding tert-OH is 1. The summed E-state index contributed by atoms with van der Waals surface area (Å²) < 4.78 is 0. The molecule has 1 atom stereocenters. The molecular weight excluding hydrogens is 180 g/mol. The lowest BCUT2D eigenvalue weighted by Crippen LogP contribution is -2.20. The molecule has 0 aliphatic rings. The first-order valence-corrected chi connectivity index (χ1v) is 4.46. The number of anilines is 1. The maximum atomic E-state index is 8.91. The molecule has 0 saturated carbocycles. The molecule has 0 aromatic carbocycles. The average molecular weight is 192 g/mol. The third-order valence-electron chi connectivity index (χ3n) is 2.01. The Morgan fingerprint density at radius 2 is 2.43 bits per heavy atom. The van der Waals surface area contributed by atoms with Crippen LogP contribution in [0.2, 0.25) is 0 Å². The highest BCUT2D eigenvalue weighted by molar-refractivity contribution is 5.86. The minimum atomic E-state index is -0.0111. The van der Waals surface area contributed by atoms with Crippen molar-refractivity contribution in [1.29, 1.82) is 0 Å². The van der Waals surface area contributed by atoms with E-state index in [1.165, 1.54) is 6.33 Å². The van der Waals surface area contributed by atoms with Crippen LogP contribution in [0.15, 0.2) is 18.6 Å². The average Bonchev–Trinajstić information content (AvgIpc) is 2.66. The Balaban J connectivity index is 2.36. The van der Waals surface area contributed by atoms with E-state index in [-0.39, 0.29) is 12.6 Å². The van der Waals surface area contributed by atoms with Crippen LogP contribution in [0, 0.1) is 0 Å². The van der Waals surface area contributed by atoms with E-state index >= 15 is 0 Å². The highest BCUT2D eigenvalue weighted by atomic mass is 16.3. The van der Waals surface area contributed by atoms with Crippen molar-refractivity contribution < 1.29 is 5.11 Å². The summed E-state index contributed by atoms with van der Waals surface area (Å²) in [5.74, 6) is 0.748. The van der Waals surface area contributed by atoms with Crippen molar-refractivity contribution in [3.63, 3.8) is 0 Å². The molecule has 2 heterocycles. The topological polar surface area (TPSA) is 73.8 Å². The Hall–Kier alpha value is -1.62. The molecule has 0 fully saturated rings. The lowest BCUT2D eigenvalue weighted by Gasteiger charge is -2.11. The van der Waals surface area contributed by atoms with Gasteiger partial charge in [0.25, 0.3) is 0 Å². The van der Waals surface area contributed by atoms with Gasteiger partial charge in [0.1, 0.15) is 17.8 Å². The lowest BCUT2D eigenvalue weighted by atomic mass is 10.3. The van der Waals surface area contributed by atoms with Crippen molar-refractivity contribution in [1.82, 2.24) is 15.0 Å². The molecule has 2 aromatic rings. The number of aromatic amines is 1. The highest BCUT2D eigenvalue weighted by Gasteiger charge is 2.06. The zero-order valence-corrected chi connectivity index (χ0v) is 7.86. The van der Waals surface area contributed by atoms with E-state index in [0.29, 0.717) is 0 Å². The first-order valence-electron chi connectivity index (χ1n) is 4.46. The van der Waals surface area contributed by atoms with E-state index in [1.807, 2.05) is 19.2 Å². The van der Waals surface area contributed by atoms with Crippen LogP contribution in [0.25, 0.3) is 11.0 Å². The highest BCUT2D eigenvalue weighted by Crippen LogP contribution is 2.17. The zero-order chi connectivity index (χ0) is 9.97. The van der Waals surface area contributed by atoms with Gasteiger partial charge in [0.15, 0.2) is 0 Å². The molecular formula is C9H12N4O. The SMILES string of the molecule is CC(CO)Nc1ncnc2[nH]ccc12. The van der Waals surface area contributed by atoms with Crippen molar-refractivity contribution >= 4 is 16.9 Å². The normalized spacial score (nSPS) is 13.0. The third-order valence-corrected chi connectivity index (χ3v) is 2.01. The van der Waals surface area contributed by atoms with Gasteiger partial charge >= 0.3 is 0 Å². The summed E-state index contributed by atoms with van der Waals surface area (Å²) in [6, 6.07) is 1.89. The molecule has 0 bridgehead atoms. The van der Waals surface area contributed by atoms with E-state index < -0.39 is 0 Å². The molecule has 14 heavy (non-hydrogen) atoms. The quantitative estimate of drug-likeness (QED) is 0.671. The fraction of sp³-hybridized carbons (Fsp3) is 0.333. The zero-order valence-electron chi connectivity index (χ0n) is 7.86. The van der Waals surface area contributed by atoms with Gasteiger partial charge in [-0.3, -0.25) is 0 Å². The van der Waals surface area contributed by atoms with Crippen molar-refractivity contribution in [2.45, 2.75) is 13.0 Å². The number of aromatic nitrogens is 3. The van der Waals surface area contributed by atoms with Crippen molar-refractivity contribution in [2.75, 3.05) is 11.9 Å². The number of hydrogen-bond donors (Lipinski definition) is 3. The standard InChI is InChI=1S/C9H12N4O/c1-6(4-14)13-9-7-2-3-10-8(7)11-5-12-9/h2-3,5-6,14H,4H2,1H3,(H2,10,11,12,13). The van der Waals surface area contributed by atoms with Gasteiger partial charge in [0, 0.05) is 12.2 Å². The van der Waals surface area contributed by atoms with Crippen molar-refractivity contribution in [3.8, 4) is 0 Å². The van der Waals surface area contributed by atoms with Gasteiger partial charge in [0.05, 0.1) is 12.0 Å². The number of aliphatic hydroxyl groups is 1. The fourth-order valence-corrected chi connectivity index (χ4v) is 1.27. The summed E-state index contributed by atoms with van der Waals surface area (Å²) in [6.45, 7) is 1.97. The van der Waals surface area contributed by atoms with Crippen molar-refractivity contribution in [2.24, 2.45) is 0 Å². The summed E-state index contributed by atoms with van der Waals surface area (Å²) in [4.78, 5) is 11.2. The van der Waals surface area contributed by atoms with Gasteiger partial charge < -0.3 is 15.4 Å². The van der Waals surface area contributed by atoms with E-state index in [4.69, 9.17) is 5.11 Å². The lowest BCUT2D eigenvalue weighted by molar-refractivity contribution is 0.281. The van der Waals surface area contributed by atoms with E-state index in [9.17, 15) is 0 Å². The molecule has 3 N–H and O–H groups in total. The first-order chi connectivity index (χ1) is 6.81. The molecule has 2 aromatic heterocycles. The number of hydrogen-bond acceptors (Lipinski definition) is 4. The Morgan fingerprint density at radius 3 is 3.21 bits per heavy atom. The molecule has 0 radical (unpaired) electrons. The number of nitrogens with one attached hydrogen (secondary N) is 2. The van der Waals surface area contributed by atoms with Crippen molar-refractivity contribution in [3.05, 3.63) is 18.6 Å². The van der Waals surface area contributed by atoms with Crippen LogP contribution < -0.4 is 5.32 Å². The van der Waals surface area contributed by atoms with Crippen LogP contribution in [0.4, 0.5) is 5.82 Å². The first kappa shape index (κ1) is 8.96. The summed E-state index contributed by atoms with van der Waals surface area (Å²) in [5, 5.41) is 12.9. The fourth-order valence-electron chi connectivity index (χ4n) is 1.27. The molecule has 2 rings (SSSR count). The second kappa shape index (κ2) is 3.63. The Kier molecular flexibility index (Phi) is 2.32. The summed E-state index contributed by atoms with van der Waals surface area (Å²) in [7, 11) is 0. The van der Waals surface area contributed by atoms with E-state index in [2.05, 4.69) is 20.3 Å². The largest absolute Gasteiger partial charge is 0.394 e. The molecule has 0 aliphatic heterocycles. The van der Waals surface area contributed by atoms with Gasteiger partial charge in [-0.15, -0.1) is 0 Å². The summed E-state index contributed by atoms with van der Waals surface area (Å²) in [6.07, 6.45) is 3.30. The number of fused-ring (bicyclic) bond motifs is 1. The van der Waals surface area contributed by atoms with Gasteiger partial charge in [-0.1, -0.05) is 0 Å². The predicted molar refractivity (Wildman–Crippen MR) is 54.1 cm³/mol. The minimum Gasteiger partial charge on any atom is -0.394 e. The summed E-state index contributed by atoms with van der Waals surface area (Å²) in [5.41, 5.74) is 0.799. The smallest absolute Gasteiger partial charge is 0.142 e. The van der Waals surface area contributed by atoms with Crippen LogP contribution in [-0.4, -0.2) is 32.7 Å². The van der Waals surface area contributed by atoms with Crippen LogP contribution in [0.5, 0.6) is 0 Å². The molecule has 0 saturated heterocycles. The number of nitrogens with zero attached hydrogens (tertiary/aromatic N) is 2.